The molecular weight excluding hydrogens is 388 g/mol. The Hall–Kier alpha value is -2.54. The lowest BCUT2D eigenvalue weighted by atomic mass is 10.0. The molecule has 158 valence electrons. The standard InChI is InChI=1S/C22H30N2O4S/c1-6-17-8-12-19(13-9-17)24(29(5,26)27)16(3)22(25)23-21(7-2)18-10-14-20(28-4)15-11-18/h8-16,21H,6-7H2,1-5H3,(H,23,25)/t16-,21+/m0/s1. The second kappa shape index (κ2) is 9.78. The van der Waals surface area contributed by atoms with Gasteiger partial charge in [-0.2, -0.15) is 0 Å². The Morgan fingerprint density at radius 3 is 2.10 bits per heavy atom. The van der Waals surface area contributed by atoms with E-state index in [-0.39, 0.29) is 11.9 Å². The largest absolute Gasteiger partial charge is 0.497 e. The monoisotopic (exact) mass is 418 g/mol. The second-order valence-corrected chi connectivity index (χ2v) is 8.86. The van der Waals surface area contributed by atoms with Crippen molar-refractivity contribution in [2.24, 2.45) is 0 Å². The van der Waals surface area contributed by atoms with E-state index in [9.17, 15) is 13.2 Å². The van der Waals surface area contributed by atoms with E-state index in [0.29, 0.717) is 12.1 Å². The van der Waals surface area contributed by atoms with Crippen LogP contribution in [0.2, 0.25) is 0 Å². The van der Waals surface area contributed by atoms with Crippen molar-refractivity contribution in [3.8, 4) is 5.75 Å². The highest BCUT2D eigenvalue weighted by molar-refractivity contribution is 7.92. The van der Waals surface area contributed by atoms with Gasteiger partial charge in [0.25, 0.3) is 0 Å². The fourth-order valence-electron chi connectivity index (χ4n) is 3.24. The van der Waals surface area contributed by atoms with Gasteiger partial charge < -0.3 is 10.1 Å². The molecule has 1 amide bonds. The van der Waals surface area contributed by atoms with Gasteiger partial charge in [0.05, 0.1) is 25.1 Å². The molecule has 2 aromatic carbocycles. The van der Waals surface area contributed by atoms with Crippen LogP contribution in [0.25, 0.3) is 0 Å². The van der Waals surface area contributed by atoms with Crippen molar-refractivity contribution < 1.29 is 17.9 Å². The molecule has 29 heavy (non-hydrogen) atoms. The SMILES string of the molecule is CCc1ccc(N([C@@H](C)C(=O)N[C@H](CC)c2ccc(OC)cc2)S(C)(=O)=O)cc1. The number of nitrogens with zero attached hydrogens (tertiary/aromatic N) is 1. The van der Waals surface area contributed by atoms with Crippen LogP contribution in [-0.2, 0) is 21.2 Å². The van der Waals surface area contributed by atoms with Gasteiger partial charge in [0.2, 0.25) is 15.9 Å². The summed E-state index contributed by atoms with van der Waals surface area (Å²) in [6.07, 6.45) is 2.65. The number of hydrogen-bond donors (Lipinski definition) is 1. The van der Waals surface area contributed by atoms with Gasteiger partial charge in [-0.15, -0.1) is 0 Å². The van der Waals surface area contributed by atoms with Crippen LogP contribution < -0.4 is 14.4 Å². The Kier molecular flexibility index (Phi) is 7.67. The van der Waals surface area contributed by atoms with Crippen LogP contribution in [0.5, 0.6) is 5.75 Å². The first-order valence-electron chi connectivity index (χ1n) is 9.73. The molecular formula is C22H30N2O4S. The molecule has 0 aliphatic carbocycles. The average Bonchev–Trinajstić information content (AvgIpc) is 2.71. The lowest BCUT2D eigenvalue weighted by Gasteiger charge is -2.30. The quantitative estimate of drug-likeness (QED) is 0.674. The molecule has 0 saturated heterocycles. The molecule has 2 rings (SSSR count). The van der Waals surface area contributed by atoms with E-state index in [1.807, 2.05) is 50.2 Å². The van der Waals surface area contributed by atoms with Crippen molar-refractivity contribution in [3.63, 3.8) is 0 Å². The molecule has 0 fully saturated rings. The summed E-state index contributed by atoms with van der Waals surface area (Å²) in [5.74, 6) is 0.389. The zero-order valence-electron chi connectivity index (χ0n) is 17.7. The lowest BCUT2D eigenvalue weighted by molar-refractivity contribution is -0.122. The van der Waals surface area contributed by atoms with Crippen molar-refractivity contribution in [2.75, 3.05) is 17.7 Å². The van der Waals surface area contributed by atoms with Crippen molar-refractivity contribution in [3.05, 3.63) is 59.7 Å². The highest BCUT2D eigenvalue weighted by atomic mass is 32.2. The molecule has 0 radical (unpaired) electrons. The molecule has 2 atom stereocenters. The fraction of sp³-hybridized carbons (Fsp3) is 0.409. The molecule has 6 nitrogen and oxygen atoms in total. The van der Waals surface area contributed by atoms with Crippen molar-refractivity contribution in [2.45, 2.75) is 45.7 Å². The van der Waals surface area contributed by atoms with E-state index in [1.54, 1.807) is 26.2 Å². The summed E-state index contributed by atoms with van der Waals surface area (Å²) in [5.41, 5.74) is 2.52. The fourth-order valence-corrected chi connectivity index (χ4v) is 4.41. The third-order valence-corrected chi connectivity index (χ3v) is 6.17. The van der Waals surface area contributed by atoms with Crippen molar-refractivity contribution in [1.82, 2.24) is 5.32 Å². The number of hydrogen-bond acceptors (Lipinski definition) is 4. The molecule has 0 aliphatic rings. The van der Waals surface area contributed by atoms with Crippen LogP contribution in [0.4, 0.5) is 5.69 Å². The zero-order chi connectivity index (χ0) is 21.6. The summed E-state index contributed by atoms with van der Waals surface area (Å²) in [4.78, 5) is 13.0. The first kappa shape index (κ1) is 22.7. The molecule has 7 heteroatoms. The molecule has 2 aromatic rings. The van der Waals surface area contributed by atoms with Gasteiger partial charge in [0.1, 0.15) is 11.8 Å². The van der Waals surface area contributed by atoms with Crippen LogP contribution in [-0.4, -0.2) is 33.7 Å². The van der Waals surface area contributed by atoms with Crippen LogP contribution >= 0.6 is 0 Å². The maximum Gasteiger partial charge on any atom is 0.244 e. The Bertz CT molecular complexity index is 909. The maximum absolute atomic E-state index is 13.0. The van der Waals surface area contributed by atoms with Gasteiger partial charge >= 0.3 is 0 Å². The highest BCUT2D eigenvalue weighted by Gasteiger charge is 2.30. The molecule has 0 aliphatic heterocycles. The number of sulfonamides is 1. The number of rotatable bonds is 9. The van der Waals surface area contributed by atoms with E-state index in [2.05, 4.69) is 5.32 Å². The summed E-state index contributed by atoms with van der Waals surface area (Å²) in [6, 6.07) is 13.6. The normalized spacial score (nSPS) is 13.4. The van der Waals surface area contributed by atoms with Gasteiger partial charge in [-0.1, -0.05) is 38.1 Å². The van der Waals surface area contributed by atoms with Gasteiger partial charge in [0.15, 0.2) is 0 Å². The number of carbonyl (C=O) groups excluding carboxylic acids is 1. The van der Waals surface area contributed by atoms with E-state index >= 15 is 0 Å². The van der Waals surface area contributed by atoms with E-state index < -0.39 is 16.1 Å². The summed E-state index contributed by atoms with van der Waals surface area (Å²) < 4.78 is 31.3. The highest BCUT2D eigenvalue weighted by Crippen LogP contribution is 2.24. The Morgan fingerprint density at radius 2 is 1.66 bits per heavy atom. The van der Waals surface area contributed by atoms with Gasteiger partial charge in [-0.25, -0.2) is 8.42 Å². The third kappa shape index (κ3) is 5.73. The molecule has 0 spiro atoms. The Labute approximate surface area is 173 Å². The Morgan fingerprint density at radius 1 is 1.07 bits per heavy atom. The average molecular weight is 419 g/mol. The molecule has 0 heterocycles. The lowest BCUT2D eigenvalue weighted by Crippen LogP contribution is -2.48. The number of amides is 1. The number of ether oxygens (including phenoxy) is 1. The Balaban J connectivity index is 2.24. The van der Waals surface area contributed by atoms with Crippen LogP contribution in [0, 0.1) is 0 Å². The smallest absolute Gasteiger partial charge is 0.244 e. The molecule has 0 saturated carbocycles. The molecule has 1 N–H and O–H groups in total. The molecule has 0 unspecified atom stereocenters. The first-order valence-corrected chi connectivity index (χ1v) is 11.6. The summed E-state index contributed by atoms with van der Waals surface area (Å²) in [7, 11) is -2.04. The van der Waals surface area contributed by atoms with Crippen LogP contribution in [0.1, 0.15) is 44.4 Å². The molecule has 0 aromatic heterocycles. The van der Waals surface area contributed by atoms with Crippen LogP contribution in [0.3, 0.4) is 0 Å². The summed E-state index contributed by atoms with van der Waals surface area (Å²) in [5, 5.41) is 2.98. The minimum absolute atomic E-state index is 0.222. The molecule has 0 bridgehead atoms. The van der Waals surface area contributed by atoms with Gasteiger partial charge in [0, 0.05) is 0 Å². The topological polar surface area (TPSA) is 75.7 Å². The maximum atomic E-state index is 13.0. The summed E-state index contributed by atoms with van der Waals surface area (Å²) in [6.45, 7) is 5.60. The number of methoxy groups -OCH3 is 1. The van der Waals surface area contributed by atoms with Gasteiger partial charge in [-0.05, 0) is 55.2 Å². The van der Waals surface area contributed by atoms with Crippen molar-refractivity contribution >= 4 is 21.6 Å². The number of anilines is 1. The first-order chi connectivity index (χ1) is 13.7. The van der Waals surface area contributed by atoms with E-state index in [4.69, 9.17) is 4.74 Å². The zero-order valence-corrected chi connectivity index (χ0v) is 18.5. The number of aryl methyl sites for hydroxylation is 1. The predicted octanol–water partition coefficient (Wildman–Crippen LogP) is 3.68. The third-order valence-electron chi connectivity index (χ3n) is 4.93. The van der Waals surface area contributed by atoms with E-state index in [0.717, 1.165) is 29.6 Å². The van der Waals surface area contributed by atoms with E-state index in [1.165, 1.54) is 4.31 Å². The van der Waals surface area contributed by atoms with Gasteiger partial charge in [-0.3, -0.25) is 9.10 Å². The summed E-state index contributed by atoms with van der Waals surface area (Å²) >= 11 is 0. The predicted molar refractivity (Wildman–Crippen MR) is 117 cm³/mol. The van der Waals surface area contributed by atoms with Crippen molar-refractivity contribution in [1.29, 1.82) is 0 Å². The minimum atomic E-state index is -3.64. The number of benzene rings is 2. The number of carbonyl (C=O) groups is 1. The minimum Gasteiger partial charge on any atom is -0.497 e. The number of nitrogens with one attached hydrogen (secondary N) is 1. The van der Waals surface area contributed by atoms with Crippen LogP contribution in [0.15, 0.2) is 48.5 Å². The second-order valence-electron chi connectivity index (χ2n) is 7.00.